The summed E-state index contributed by atoms with van der Waals surface area (Å²) in [7, 11) is 0. The monoisotopic (exact) mass is 314 g/mol. The van der Waals surface area contributed by atoms with Gasteiger partial charge in [0, 0.05) is 11.8 Å². The summed E-state index contributed by atoms with van der Waals surface area (Å²) in [5, 5.41) is 8.95. The first-order valence-electron chi connectivity index (χ1n) is 7.73. The summed E-state index contributed by atoms with van der Waals surface area (Å²) in [5.74, 6) is 0. The lowest BCUT2D eigenvalue weighted by atomic mass is 10.1. The van der Waals surface area contributed by atoms with E-state index in [0.29, 0.717) is 0 Å². The fraction of sp³-hybridized carbons (Fsp3) is 0. The molecule has 24 heavy (non-hydrogen) atoms. The highest BCUT2D eigenvalue weighted by molar-refractivity contribution is 5.62. The predicted molar refractivity (Wildman–Crippen MR) is 97.6 cm³/mol. The second-order valence-corrected chi connectivity index (χ2v) is 5.21. The van der Waals surface area contributed by atoms with Crippen LogP contribution in [0.15, 0.2) is 97.2 Å². The number of nitrogens with one attached hydrogen (secondary N) is 1. The zero-order valence-corrected chi connectivity index (χ0v) is 13.1. The zero-order valence-electron chi connectivity index (χ0n) is 13.1. The van der Waals surface area contributed by atoms with Gasteiger partial charge in [-0.25, -0.2) is 0 Å². The van der Waals surface area contributed by atoms with Crippen molar-refractivity contribution in [2.24, 2.45) is 0 Å². The highest BCUT2D eigenvalue weighted by Crippen LogP contribution is 2.18. The number of nitrogens with zero attached hydrogens (tertiary/aromatic N) is 1. The van der Waals surface area contributed by atoms with Crippen LogP contribution >= 0.6 is 0 Å². The third-order valence-corrected chi connectivity index (χ3v) is 3.51. The summed E-state index contributed by atoms with van der Waals surface area (Å²) in [6, 6.07) is 30.4. The van der Waals surface area contributed by atoms with Gasteiger partial charge in [0.05, 0.1) is 5.69 Å². The molecule has 0 aliphatic rings. The number of hydrogen-bond acceptors (Lipinski definition) is 2. The Morgan fingerprint density at radius 1 is 0.583 bits per heavy atom. The van der Waals surface area contributed by atoms with Gasteiger partial charge in [0.2, 0.25) is 0 Å². The summed E-state index contributed by atoms with van der Waals surface area (Å²) in [4.78, 5) is 6.49. The molecule has 4 rings (SSSR count). The van der Waals surface area contributed by atoms with Gasteiger partial charge in [0.15, 0.2) is 0 Å². The van der Waals surface area contributed by atoms with E-state index in [2.05, 4.69) is 58.5 Å². The Labute approximate surface area is 141 Å². The zero-order chi connectivity index (χ0) is 16.6. The minimum atomic E-state index is -0.0474. The average Bonchev–Trinajstić information content (AvgIpc) is 3.11. The van der Waals surface area contributed by atoms with Crippen LogP contribution in [0.25, 0.3) is 22.4 Å². The van der Waals surface area contributed by atoms with Crippen LogP contribution in [0.3, 0.4) is 0 Å². The molecule has 0 aliphatic carbocycles. The Hall–Kier alpha value is -3.33. The Kier molecular flexibility index (Phi) is 5.05. The Morgan fingerprint density at radius 2 is 1.00 bits per heavy atom. The summed E-state index contributed by atoms with van der Waals surface area (Å²) < 4.78 is 0. The van der Waals surface area contributed by atoms with Crippen molar-refractivity contribution in [3.05, 3.63) is 97.2 Å². The number of benzene rings is 3. The van der Waals surface area contributed by atoms with E-state index < -0.39 is 0 Å². The lowest BCUT2D eigenvalue weighted by molar-refractivity contribution is 0.437. The van der Waals surface area contributed by atoms with Gasteiger partial charge in [-0.1, -0.05) is 91.0 Å². The van der Waals surface area contributed by atoms with E-state index in [9.17, 15) is 0 Å². The van der Waals surface area contributed by atoms with Crippen molar-refractivity contribution in [1.82, 2.24) is 9.97 Å². The highest BCUT2D eigenvalue weighted by atomic mass is 16.3. The SMILES string of the molecule is Oc1nc(-c2ccccc2)c[nH]1.c1ccc(-c2ccccc2)cc1. The van der Waals surface area contributed by atoms with Crippen LogP contribution in [0.1, 0.15) is 0 Å². The normalized spacial score (nSPS) is 9.83. The minimum Gasteiger partial charge on any atom is -0.480 e. The van der Waals surface area contributed by atoms with Crippen LogP contribution < -0.4 is 0 Å². The summed E-state index contributed by atoms with van der Waals surface area (Å²) >= 11 is 0. The largest absolute Gasteiger partial charge is 0.480 e. The Balaban J connectivity index is 0.000000141. The molecular formula is C21H18N2O. The summed E-state index contributed by atoms with van der Waals surface area (Å²) in [6.45, 7) is 0. The smallest absolute Gasteiger partial charge is 0.291 e. The van der Waals surface area contributed by atoms with Crippen LogP contribution in [0, 0.1) is 0 Å². The van der Waals surface area contributed by atoms with Crippen molar-refractivity contribution in [2.75, 3.05) is 0 Å². The predicted octanol–water partition coefficient (Wildman–Crippen LogP) is 5.14. The average molecular weight is 314 g/mol. The summed E-state index contributed by atoms with van der Waals surface area (Å²) in [5.41, 5.74) is 4.30. The van der Waals surface area contributed by atoms with E-state index in [0.717, 1.165) is 11.3 Å². The molecule has 3 aromatic carbocycles. The molecule has 0 amide bonds. The molecule has 3 nitrogen and oxygen atoms in total. The van der Waals surface area contributed by atoms with Crippen LogP contribution in [0.5, 0.6) is 6.01 Å². The van der Waals surface area contributed by atoms with Crippen LogP contribution in [0.2, 0.25) is 0 Å². The molecule has 0 radical (unpaired) electrons. The first-order valence-corrected chi connectivity index (χ1v) is 7.73. The van der Waals surface area contributed by atoms with Crippen LogP contribution in [-0.2, 0) is 0 Å². The fourth-order valence-electron chi connectivity index (χ4n) is 2.33. The molecule has 0 spiro atoms. The van der Waals surface area contributed by atoms with Gasteiger partial charge in [-0.2, -0.15) is 4.98 Å². The Bertz CT molecular complexity index is 819. The molecule has 0 unspecified atom stereocenters. The molecule has 0 fully saturated rings. The van der Waals surface area contributed by atoms with Crippen molar-refractivity contribution in [3.63, 3.8) is 0 Å². The van der Waals surface area contributed by atoms with E-state index in [4.69, 9.17) is 5.11 Å². The molecule has 0 atom stereocenters. The lowest BCUT2D eigenvalue weighted by Crippen LogP contribution is -1.74. The van der Waals surface area contributed by atoms with Gasteiger partial charge in [-0.3, -0.25) is 0 Å². The third kappa shape index (κ3) is 4.11. The van der Waals surface area contributed by atoms with Gasteiger partial charge in [0.1, 0.15) is 0 Å². The van der Waals surface area contributed by atoms with E-state index in [-0.39, 0.29) is 6.01 Å². The minimum absolute atomic E-state index is 0.0474. The van der Waals surface area contributed by atoms with E-state index in [1.165, 1.54) is 11.1 Å². The number of aromatic nitrogens is 2. The van der Waals surface area contributed by atoms with Gasteiger partial charge in [-0.15, -0.1) is 0 Å². The molecule has 0 aliphatic heterocycles. The van der Waals surface area contributed by atoms with Crippen molar-refractivity contribution in [1.29, 1.82) is 0 Å². The fourth-order valence-corrected chi connectivity index (χ4v) is 2.33. The van der Waals surface area contributed by atoms with Crippen molar-refractivity contribution in [2.45, 2.75) is 0 Å². The molecule has 3 heteroatoms. The van der Waals surface area contributed by atoms with Gasteiger partial charge < -0.3 is 10.1 Å². The standard InChI is InChI=1S/C12H10.C9H8N2O/c1-3-7-11(8-4-1)12-9-5-2-6-10-12;12-9-10-6-8(11-9)7-4-2-1-3-5-7/h1-10H;1-6H,(H2,10,11,12). The van der Waals surface area contributed by atoms with Crippen LogP contribution in [-0.4, -0.2) is 15.1 Å². The first-order chi connectivity index (χ1) is 11.8. The second-order valence-electron chi connectivity index (χ2n) is 5.21. The molecule has 1 aromatic heterocycles. The second kappa shape index (κ2) is 7.79. The number of imidazole rings is 1. The summed E-state index contributed by atoms with van der Waals surface area (Å²) in [6.07, 6.45) is 1.67. The lowest BCUT2D eigenvalue weighted by Gasteiger charge is -1.98. The quantitative estimate of drug-likeness (QED) is 0.538. The number of aromatic amines is 1. The molecule has 0 saturated heterocycles. The maximum Gasteiger partial charge on any atom is 0.291 e. The van der Waals surface area contributed by atoms with Gasteiger partial charge in [0.25, 0.3) is 6.01 Å². The topological polar surface area (TPSA) is 48.9 Å². The van der Waals surface area contributed by atoms with Crippen molar-refractivity contribution in [3.8, 4) is 28.4 Å². The number of aromatic hydroxyl groups is 1. The molecule has 118 valence electrons. The maximum atomic E-state index is 8.95. The molecule has 1 heterocycles. The third-order valence-electron chi connectivity index (χ3n) is 3.51. The molecular weight excluding hydrogens is 296 g/mol. The van der Waals surface area contributed by atoms with E-state index in [1.807, 2.05) is 42.5 Å². The number of rotatable bonds is 2. The highest BCUT2D eigenvalue weighted by Gasteiger charge is 2.00. The first kappa shape index (κ1) is 15.6. The molecule has 2 N–H and O–H groups in total. The Morgan fingerprint density at radius 3 is 1.38 bits per heavy atom. The van der Waals surface area contributed by atoms with Crippen molar-refractivity contribution >= 4 is 0 Å². The number of H-pyrrole nitrogens is 1. The van der Waals surface area contributed by atoms with Gasteiger partial charge in [-0.05, 0) is 11.1 Å². The molecule has 0 saturated carbocycles. The van der Waals surface area contributed by atoms with Crippen molar-refractivity contribution < 1.29 is 5.11 Å². The van der Waals surface area contributed by atoms with Gasteiger partial charge >= 0.3 is 0 Å². The van der Waals surface area contributed by atoms with E-state index >= 15 is 0 Å². The molecule has 0 bridgehead atoms. The van der Waals surface area contributed by atoms with E-state index in [1.54, 1.807) is 6.20 Å². The number of hydrogen-bond donors (Lipinski definition) is 2. The molecule has 4 aromatic rings. The maximum absolute atomic E-state index is 8.95. The van der Waals surface area contributed by atoms with Crippen LogP contribution in [0.4, 0.5) is 0 Å².